The van der Waals surface area contributed by atoms with E-state index in [1.807, 2.05) is 60.7 Å². The summed E-state index contributed by atoms with van der Waals surface area (Å²) in [5.41, 5.74) is 2.19. The molecule has 0 aliphatic carbocycles. The number of benzene rings is 2. The average molecular weight is 298 g/mol. The lowest BCUT2D eigenvalue weighted by atomic mass is 10.2. The van der Waals surface area contributed by atoms with Crippen LogP contribution in [0.5, 0.6) is 0 Å². The predicted molar refractivity (Wildman–Crippen MR) is 87.5 cm³/mol. The fourth-order valence-corrected chi connectivity index (χ4v) is 2.73. The maximum atomic E-state index is 11.8. The molecule has 21 heavy (non-hydrogen) atoms. The van der Waals surface area contributed by atoms with Gasteiger partial charge in [0.25, 0.3) is 0 Å². The van der Waals surface area contributed by atoms with E-state index in [1.54, 1.807) is 12.2 Å². The summed E-state index contributed by atoms with van der Waals surface area (Å²) in [4.78, 5) is 0. The Morgan fingerprint density at radius 2 is 1.05 bits per heavy atom. The Kier molecular flexibility index (Phi) is 5.52. The summed E-state index contributed by atoms with van der Waals surface area (Å²) in [6.45, 7) is 0. The number of hydrogen-bond donors (Lipinski definition) is 0. The predicted octanol–water partition coefficient (Wildman–Crippen LogP) is 3.91. The molecule has 0 saturated carbocycles. The van der Waals surface area contributed by atoms with Crippen LogP contribution in [0.25, 0.3) is 0 Å². The van der Waals surface area contributed by atoms with Gasteiger partial charge in [0.2, 0.25) is 0 Å². The van der Waals surface area contributed by atoms with Gasteiger partial charge in [0, 0.05) is 10.8 Å². The third-order valence-electron chi connectivity index (χ3n) is 2.96. The zero-order valence-corrected chi connectivity index (χ0v) is 12.5. The Morgan fingerprint density at radius 1 is 0.667 bits per heavy atom. The Morgan fingerprint density at radius 3 is 1.43 bits per heavy atom. The molecular weight excluding hydrogens is 280 g/mol. The molecule has 0 aromatic heterocycles. The van der Waals surface area contributed by atoms with Crippen LogP contribution in [-0.2, 0) is 22.7 Å². The zero-order valence-electron chi connectivity index (χ0n) is 11.7. The van der Waals surface area contributed by atoms with Gasteiger partial charge < -0.3 is 0 Å². The van der Waals surface area contributed by atoms with E-state index in [0.29, 0.717) is 12.8 Å². The second-order valence-corrected chi connectivity index (χ2v) is 6.43. The number of rotatable bonds is 6. The van der Waals surface area contributed by atoms with E-state index in [4.69, 9.17) is 0 Å². The largest absolute Gasteiger partial charge is 0.220 e. The molecule has 2 rings (SSSR count). The van der Waals surface area contributed by atoms with E-state index in [2.05, 4.69) is 0 Å². The van der Waals surface area contributed by atoms with Crippen molar-refractivity contribution in [2.75, 3.05) is 0 Å². The lowest BCUT2D eigenvalue weighted by Crippen LogP contribution is -1.90. The van der Waals surface area contributed by atoms with Gasteiger partial charge in [-0.15, -0.1) is 0 Å². The first-order valence-corrected chi connectivity index (χ1v) is 8.43. The van der Waals surface area contributed by atoms with Crippen LogP contribution in [0, 0.1) is 0 Å². The van der Waals surface area contributed by atoms with Crippen LogP contribution in [0.3, 0.4) is 0 Å². The van der Waals surface area contributed by atoms with Crippen LogP contribution in [0.2, 0.25) is 0 Å². The van der Waals surface area contributed by atoms with Gasteiger partial charge in [-0.25, -0.2) is 8.42 Å². The van der Waals surface area contributed by atoms with E-state index in [-0.39, 0.29) is 0 Å². The summed E-state index contributed by atoms with van der Waals surface area (Å²) >= 11 is 0. The number of allylic oxidation sites excluding steroid dienone is 2. The number of sulfone groups is 1. The third-order valence-corrected chi connectivity index (χ3v) is 4.11. The molecule has 2 aromatic carbocycles. The third kappa shape index (κ3) is 5.79. The molecule has 3 heteroatoms. The van der Waals surface area contributed by atoms with Crippen LogP contribution in [0.1, 0.15) is 11.1 Å². The van der Waals surface area contributed by atoms with Crippen molar-refractivity contribution in [1.82, 2.24) is 0 Å². The SMILES string of the molecule is O=S(=O)(C=CCc1ccccc1)C=CCc1ccccc1. The summed E-state index contributed by atoms with van der Waals surface area (Å²) in [5.74, 6) is 0. The Hall–Kier alpha value is -2.13. The van der Waals surface area contributed by atoms with Crippen LogP contribution in [0.15, 0.2) is 83.6 Å². The molecule has 0 heterocycles. The average Bonchev–Trinajstić information content (AvgIpc) is 2.49. The molecule has 0 atom stereocenters. The fraction of sp³-hybridized carbons (Fsp3) is 0.111. The van der Waals surface area contributed by atoms with Crippen molar-refractivity contribution < 1.29 is 8.42 Å². The Labute approximate surface area is 126 Å². The van der Waals surface area contributed by atoms with Crippen molar-refractivity contribution in [2.45, 2.75) is 12.8 Å². The minimum absolute atomic E-state index is 0.618. The van der Waals surface area contributed by atoms with Gasteiger partial charge in [0.1, 0.15) is 0 Å². The first-order chi connectivity index (χ1) is 10.2. The molecule has 108 valence electrons. The van der Waals surface area contributed by atoms with Gasteiger partial charge in [0.15, 0.2) is 9.84 Å². The molecule has 0 N–H and O–H groups in total. The van der Waals surface area contributed by atoms with Gasteiger partial charge in [-0.3, -0.25) is 0 Å². The van der Waals surface area contributed by atoms with Crippen molar-refractivity contribution in [2.24, 2.45) is 0 Å². The van der Waals surface area contributed by atoms with E-state index in [0.717, 1.165) is 11.1 Å². The smallest absolute Gasteiger partial charge is 0.192 e. The summed E-state index contributed by atoms with van der Waals surface area (Å²) in [5, 5.41) is 2.53. The lowest BCUT2D eigenvalue weighted by Gasteiger charge is -1.95. The normalized spacial score (nSPS) is 12.2. The van der Waals surface area contributed by atoms with Crippen LogP contribution < -0.4 is 0 Å². The molecule has 0 saturated heterocycles. The van der Waals surface area contributed by atoms with E-state index in [1.165, 1.54) is 10.8 Å². The van der Waals surface area contributed by atoms with E-state index in [9.17, 15) is 8.42 Å². The molecule has 0 fully saturated rings. The zero-order chi connectivity index (χ0) is 15.0. The van der Waals surface area contributed by atoms with Gasteiger partial charge in [-0.1, -0.05) is 72.8 Å². The van der Waals surface area contributed by atoms with Gasteiger partial charge >= 0.3 is 0 Å². The van der Waals surface area contributed by atoms with Crippen molar-refractivity contribution in [3.63, 3.8) is 0 Å². The van der Waals surface area contributed by atoms with E-state index >= 15 is 0 Å². The van der Waals surface area contributed by atoms with Crippen molar-refractivity contribution in [1.29, 1.82) is 0 Å². The molecule has 0 spiro atoms. The standard InChI is InChI=1S/C18H18O2S/c19-21(20,15-7-13-17-9-3-1-4-10-17)16-8-14-18-11-5-2-6-12-18/h1-12,15-16H,13-14H2. The summed E-state index contributed by atoms with van der Waals surface area (Å²) in [6, 6.07) is 19.5. The Balaban J connectivity index is 1.89. The van der Waals surface area contributed by atoms with E-state index < -0.39 is 9.84 Å². The molecule has 0 unspecified atom stereocenters. The second kappa shape index (κ2) is 7.60. The first kappa shape index (κ1) is 15.3. The maximum Gasteiger partial charge on any atom is 0.192 e. The molecule has 0 aliphatic heterocycles. The highest BCUT2D eigenvalue weighted by molar-refractivity contribution is 7.97. The molecule has 2 aromatic rings. The summed E-state index contributed by atoms with van der Waals surface area (Å²) in [7, 11) is -3.28. The van der Waals surface area contributed by atoms with Gasteiger partial charge in [0.05, 0.1) is 0 Å². The lowest BCUT2D eigenvalue weighted by molar-refractivity contribution is 0.612. The van der Waals surface area contributed by atoms with Crippen LogP contribution in [0.4, 0.5) is 0 Å². The minimum Gasteiger partial charge on any atom is -0.220 e. The Bertz CT molecular complexity index is 642. The quantitative estimate of drug-likeness (QED) is 0.810. The second-order valence-electron chi connectivity index (χ2n) is 4.71. The van der Waals surface area contributed by atoms with Crippen molar-refractivity contribution in [3.8, 4) is 0 Å². The number of hydrogen-bond acceptors (Lipinski definition) is 2. The van der Waals surface area contributed by atoms with Gasteiger partial charge in [-0.05, 0) is 24.0 Å². The van der Waals surface area contributed by atoms with Crippen LogP contribution in [-0.4, -0.2) is 8.42 Å². The molecule has 2 nitrogen and oxygen atoms in total. The van der Waals surface area contributed by atoms with Crippen LogP contribution >= 0.6 is 0 Å². The maximum absolute atomic E-state index is 11.8. The molecule has 0 bridgehead atoms. The summed E-state index contributed by atoms with van der Waals surface area (Å²) in [6.07, 6.45) is 4.59. The highest BCUT2D eigenvalue weighted by atomic mass is 32.2. The molecular formula is C18H18O2S. The molecule has 0 aliphatic rings. The topological polar surface area (TPSA) is 34.1 Å². The summed E-state index contributed by atoms with van der Waals surface area (Å²) < 4.78 is 23.7. The fourth-order valence-electron chi connectivity index (χ4n) is 1.91. The molecule has 0 radical (unpaired) electrons. The van der Waals surface area contributed by atoms with Crippen molar-refractivity contribution >= 4 is 9.84 Å². The van der Waals surface area contributed by atoms with Crippen molar-refractivity contribution in [3.05, 3.63) is 94.8 Å². The monoisotopic (exact) mass is 298 g/mol. The highest BCUT2D eigenvalue weighted by Gasteiger charge is 1.98. The minimum atomic E-state index is -3.28. The van der Waals surface area contributed by atoms with Gasteiger partial charge in [-0.2, -0.15) is 0 Å². The first-order valence-electron chi connectivity index (χ1n) is 6.82. The molecule has 0 amide bonds. The highest BCUT2D eigenvalue weighted by Crippen LogP contribution is 2.04.